The fraction of sp³-hybridized carbons (Fsp3) is 0.611. The first-order valence-corrected chi connectivity index (χ1v) is 9.42. The van der Waals surface area contributed by atoms with Gasteiger partial charge >= 0.3 is 0 Å². The lowest BCUT2D eigenvalue weighted by molar-refractivity contribution is -0.133. The molecule has 0 unspecified atom stereocenters. The first-order valence-electron chi connectivity index (χ1n) is 9.42. The average Bonchev–Trinajstić information content (AvgIpc) is 3.20. The maximum Gasteiger partial charge on any atom is 0.245 e. The summed E-state index contributed by atoms with van der Waals surface area (Å²) in [5.41, 5.74) is 0.896. The molecule has 4 heterocycles. The zero-order chi connectivity index (χ0) is 16.8. The molecule has 25 heavy (non-hydrogen) atoms. The number of hydrogen-bond donors (Lipinski definition) is 2. The molecule has 132 valence electrons. The van der Waals surface area contributed by atoms with Crippen LogP contribution < -0.4 is 10.2 Å². The number of rotatable bonds is 3. The summed E-state index contributed by atoms with van der Waals surface area (Å²) in [5, 5.41) is 4.35. The van der Waals surface area contributed by atoms with Gasteiger partial charge in [0.05, 0.1) is 5.39 Å². The molecule has 0 aromatic carbocycles. The Balaban J connectivity index is 1.49. The highest BCUT2D eigenvalue weighted by Crippen LogP contribution is 2.40. The Morgan fingerprint density at radius 1 is 1.12 bits per heavy atom. The average molecular weight is 340 g/mol. The summed E-state index contributed by atoms with van der Waals surface area (Å²) in [4.78, 5) is 30.2. The zero-order valence-electron chi connectivity index (χ0n) is 14.4. The molecule has 0 radical (unpaired) electrons. The molecule has 1 atom stereocenters. The molecule has 1 aliphatic carbocycles. The quantitative estimate of drug-likeness (QED) is 0.879. The lowest BCUT2D eigenvalue weighted by atomic mass is 10.1. The fourth-order valence-corrected chi connectivity index (χ4v) is 4.06. The molecule has 1 amide bonds. The van der Waals surface area contributed by atoms with Gasteiger partial charge in [-0.2, -0.15) is 0 Å². The molecular weight excluding hydrogens is 316 g/mol. The summed E-state index contributed by atoms with van der Waals surface area (Å²) in [6.45, 7) is 4.28. The van der Waals surface area contributed by atoms with Gasteiger partial charge in [-0.1, -0.05) is 0 Å². The predicted molar refractivity (Wildman–Crippen MR) is 95.7 cm³/mol. The molecular formula is C18H24N6O. The van der Waals surface area contributed by atoms with Gasteiger partial charge in [0, 0.05) is 44.8 Å². The monoisotopic (exact) mass is 340 g/mol. The van der Waals surface area contributed by atoms with Crippen LogP contribution in [0.5, 0.6) is 0 Å². The summed E-state index contributed by atoms with van der Waals surface area (Å²) in [5.74, 6) is 2.63. The van der Waals surface area contributed by atoms with E-state index in [1.807, 2.05) is 17.2 Å². The molecule has 2 N–H and O–H groups in total. The van der Waals surface area contributed by atoms with E-state index in [2.05, 4.69) is 15.2 Å². The Kier molecular flexibility index (Phi) is 3.62. The van der Waals surface area contributed by atoms with E-state index in [1.54, 1.807) is 0 Å². The van der Waals surface area contributed by atoms with Gasteiger partial charge in [-0.25, -0.2) is 9.97 Å². The van der Waals surface area contributed by atoms with E-state index in [9.17, 15) is 4.79 Å². The third-order valence-electron chi connectivity index (χ3n) is 5.59. The van der Waals surface area contributed by atoms with Crippen molar-refractivity contribution in [2.24, 2.45) is 0 Å². The first-order chi connectivity index (χ1) is 12.3. The van der Waals surface area contributed by atoms with Crippen LogP contribution in [0.1, 0.15) is 37.4 Å². The summed E-state index contributed by atoms with van der Waals surface area (Å²) in [7, 11) is 0. The number of carbonyl (C=O) groups is 1. The van der Waals surface area contributed by atoms with Gasteiger partial charge in [0.2, 0.25) is 5.91 Å². The van der Waals surface area contributed by atoms with E-state index in [4.69, 9.17) is 9.97 Å². The van der Waals surface area contributed by atoms with Crippen LogP contribution in [0.3, 0.4) is 0 Å². The predicted octanol–water partition coefficient (Wildman–Crippen LogP) is 1.24. The molecule has 2 saturated heterocycles. The number of hydrogen-bond acceptors (Lipinski definition) is 5. The van der Waals surface area contributed by atoms with E-state index in [0.717, 1.165) is 68.2 Å². The number of H-pyrrole nitrogens is 1. The molecule has 2 aromatic rings. The molecule has 2 aromatic heterocycles. The topological polar surface area (TPSA) is 77.2 Å². The van der Waals surface area contributed by atoms with Crippen molar-refractivity contribution in [2.45, 2.75) is 37.6 Å². The number of nitrogens with zero attached hydrogens (tertiary/aromatic N) is 4. The van der Waals surface area contributed by atoms with E-state index < -0.39 is 0 Å². The van der Waals surface area contributed by atoms with Crippen LogP contribution in [0.15, 0.2) is 12.3 Å². The molecule has 5 rings (SSSR count). The van der Waals surface area contributed by atoms with Crippen molar-refractivity contribution < 1.29 is 4.79 Å². The van der Waals surface area contributed by atoms with Gasteiger partial charge in [-0.3, -0.25) is 4.79 Å². The third-order valence-corrected chi connectivity index (χ3v) is 5.59. The first kappa shape index (κ1) is 15.1. The van der Waals surface area contributed by atoms with E-state index in [0.29, 0.717) is 5.92 Å². The summed E-state index contributed by atoms with van der Waals surface area (Å²) >= 11 is 0. The second-order valence-corrected chi connectivity index (χ2v) is 7.35. The summed E-state index contributed by atoms with van der Waals surface area (Å²) < 4.78 is 0. The lowest BCUT2D eigenvalue weighted by Crippen LogP contribution is -2.52. The molecule has 7 nitrogen and oxygen atoms in total. The van der Waals surface area contributed by atoms with Gasteiger partial charge < -0.3 is 20.1 Å². The minimum atomic E-state index is -0.0850. The third kappa shape index (κ3) is 2.66. The highest BCUT2D eigenvalue weighted by molar-refractivity contribution is 5.92. The van der Waals surface area contributed by atoms with Gasteiger partial charge in [0.15, 0.2) is 0 Å². The van der Waals surface area contributed by atoms with Crippen molar-refractivity contribution in [1.29, 1.82) is 0 Å². The van der Waals surface area contributed by atoms with Crippen molar-refractivity contribution in [1.82, 2.24) is 25.2 Å². The SMILES string of the molecule is O=C([C@H]1CCCN1c1nc(C2CC2)nc2[nH]ccc12)N1CCNCC1. The van der Waals surface area contributed by atoms with Crippen LogP contribution >= 0.6 is 0 Å². The smallest absolute Gasteiger partial charge is 0.245 e. The molecule has 2 aliphatic heterocycles. The van der Waals surface area contributed by atoms with Crippen LogP contribution in [0, 0.1) is 0 Å². The molecule has 7 heteroatoms. The van der Waals surface area contributed by atoms with Crippen LogP contribution in [-0.2, 0) is 4.79 Å². The Morgan fingerprint density at radius 3 is 2.76 bits per heavy atom. The van der Waals surface area contributed by atoms with Crippen LogP contribution in [0.2, 0.25) is 0 Å². The number of carbonyl (C=O) groups excluding carboxylic acids is 1. The molecule has 3 aliphatic rings. The van der Waals surface area contributed by atoms with Gasteiger partial charge in [-0.05, 0) is 31.7 Å². The van der Waals surface area contributed by atoms with Gasteiger partial charge in [0.25, 0.3) is 0 Å². The molecule has 0 spiro atoms. The number of amides is 1. The number of aromatic nitrogens is 3. The lowest BCUT2D eigenvalue weighted by Gasteiger charge is -2.33. The molecule has 1 saturated carbocycles. The largest absolute Gasteiger partial charge is 0.346 e. The Hall–Kier alpha value is -2.15. The minimum absolute atomic E-state index is 0.0850. The summed E-state index contributed by atoms with van der Waals surface area (Å²) in [6.07, 6.45) is 6.22. The van der Waals surface area contributed by atoms with E-state index >= 15 is 0 Å². The van der Waals surface area contributed by atoms with E-state index in [1.165, 1.54) is 12.8 Å². The van der Waals surface area contributed by atoms with Gasteiger partial charge in [-0.15, -0.1) is 0 Å². The van der Waals surface area contributed by atoms with Crippen LogP contribution in [0.25, 0.3) is 11.0 Å². The van der Waals surface area contributed by atoms with Crippen LogP contribution in [0.4, 0.5) is 5.82 Å². The van der Waals surface area contributed by atoms with Crippen molar-refractivity contribution in [3.63, 3.8) is 0 Å². The number of fused-ring (bicyclic) bond motifs is 1. The number of aromatic amines is 1. The number of anilines is 1. The van der Waals surface area contributed by atoms with Crippen LogP contribution in [-0.4, -0.2) is 64.5 Å². The maximum atomic E-state index is 13.1. The van der Waals surface area contributed by atoms with Crippen molar-refractivity contribution in [2.75, 3.05) is 37.6 Å². The Bertz CT molecular complexity index is 792. The number of piperazine rings is 1. The molecule has 0 bridgehead atoms. The van der Waals surface area contributed by atoms with Crippen molar-refractivity contribution >= 4 is 22.8 Å². The van der Waals surface area contributed by atoms with Gasteiger partial charge in [0.1, 0.15) is 23.3 Å². The minimum Gasteiger partial charge on any atom is -0.346 e. The standard InChI is InChI=1S/C18H24N6O/c25-18(23-10-7-19-8-11-23)14-2-1-9-24(14)17-13-5-6-20-16(13)21-15(22-17)12-3-4-12/h5-6,12,14,19H,1-4,7-11H2,(H,20,21,22)/t14-/m1/s1. The van der Waals surface area contributed by atoms with Crippen molar-refractivity contribution in [3.8, 4) is 0 Å². The zero-order valence-corrected chi connectivity index (χ0v) is 14.4. The number of nitrogens with one attached hydrogen (secondary N) is 2. The maximum absolute atomic E-state index is 13.1. The second kappa shape index (κ2) is 5.98. The highest BCUT2D eigenvalue weighted by Gasteiger charge is 2.37. The summed E-state index contributed by atoms with van der Waals surface area (Å²) in [6, 6.07) is 1.95. The highest BCUT2D eigenvalue weighted by atomic mass is 16.2. The fourth-order valence-electron chi connectivity index (χ4n) is 4.06. The second-order valence-electron chi connectivity index (χ2n) is 7.35. The molecule has 3 fully saturated rings. The Labute approximate surface area is 146 Å². The van der Waals surface area contributed by atoms with Crippen molar-refractivity contribution in [3.05, 3.63) is 18.1 Å². The van der Waals surface area contributed by atoms with E-state index in [-0.39, 0.29) is 11.9 Å². The Morgan fingerprint density at radius 2 is 1.96 bits per heavy atom. The normalized spacial score (nSPS) is 24.2.